The fourth-order valence-electron chi connectivity index (χ4n) is 8.78. The number of hydrogen-bond acceptors (Lipinski definition) is 2. The number of methoxy groups -OCH3 is 2. The lowest BCUT2D eigenvalue weighted by Gasteiger charge is -2.47. The number of fused-ring (bicyclic) bond motifs is 16. The van der Waals surface area contributed by atoms with Crippen molar-refractivity contribution in [3.05, 3.63) is 12.2 Å². The maximum atomic E-state index is 5.90. The summed E-state index contributed by atoms with van der Waals surface area (Å²) < 4.78 is 11.8. The summed E-state index contributed by atoms with van der Waals surface area (Å²) in [5, 5.41) is 0. The molecule has 0 aliphatic heterocycles. The van der Waals surface area contributed by atoms with E-state index in [9.17, 15) is 0 Å². The molecule has 0 amide bonds. The maximum Gasteiger partial charge on any atom is 0.0866 e. The average molecular weight is 286 g/mol. The Balaban J connectivity index is 1.41. The molecule has 0 saturated heterocycles. The zero-order chi connectivity index (χ0) is 13.9. The summed E-state index contributed by atoms with van der Waals surface area (Å²) in [6.07, 6.45) is 10.3. The molecule has 12 unspecified atom stereocenters. The number of ether oxygens (including phenoxy) is 2. The normalized spacial score (nSPS) is 68.1. The Labute approximate surface area is 127 Å². The third kappa shape index (κ3) is 1.16. The van der Waals surface area contributed by atoms with Gasteiger partial charge < -0.3 is 9.47 Å². The van der Waals surface area contributed by atoms with E-state index in [2.05, 4.69) is 12.2 Å². The number of allylic oxidation sites excluding steroid dienone is 2. The largest absolute Gasteiger partial charge is 0.378 e. The molecule has 2 nitrogen and oxygen atoms in total. The highest BCUT2D eigenvalue weighted by atomic mass is 16.5. The van der Waals surface area contributed by atoms with Gasteiger partial charge in [0, 0.05) is 14.2 Å². The second kappa shape index (κ2) is 3.76. The van der Waals surface area contributed by atoms with Crippen LogP contribution in [0.1, 0.15) is 19.3 Å². The molecule has 0 radical (unpaired) electrons. The molecule has 12 atom stereocenters. The molecule has 0 heterocycles. The van der Waals surface area contributed by atoms with Crippen molar-refractivity contribution in [1.29, 1.82) is 0 Å². The molecule has 6 aliphatic rings. The van der Waals surface area contributed by atoms with Crippen LogP contribution < -0.4 is 0 Å². The van der Waals surface area contributed by atoms with Gasteiger partial charge in [-0.1, -0.05) is 12.2 Å². The van der Waals surface area contributed by atoms with Crippen molar-refractivity contribution < 1.29 is 9.47 Å². The Morgan fingerprint density at radius 3 is 1.57 bits per heavy atom. The van der Waals surface area contributed by atoms with E-state index >= 15 is 0 Å². The average Bonchev–Trinajstić information content (AvgIpc) is 3.30. The smallest absolute Gasteiger partial charge is 0.0866 e. The second-order valence-corrected chi connectivity index (χ2v) is 8.79. The summed E-state index contributed by atoms with van der Waals surface area (Å²) in [6, 6.07) is 0. The molecule has 0 aromatic carbocycles. The summed E-state index contributed by atoms with van der Waals surface area (Å²) in [7, 11) is 3.81. The van der Waals surface area contributed by atoms with Gasteiger partial charge in [-0.05, 0) is 78.4 Å². The summed E-state index contributed by atoms with van der Waals surface area (Å²) in [4.78, 5) is 0. The van der Waals surface area contributed by atoms with Gasteiger partial charge in [0.25, 0.3) is 0 Å². The Bertz CT molecular complexity index is 472. The van der Waals surface area contributed by atoms with Crippen LogP contribution in [0.2, 0.25) is 0 Å². The molecule has 2 heteroatoms. The van der Waals surface area contributed by atoms with Crippen LogP contribution in [0.15, 0.2) is 12.2 Å². The molecule has 0 spiro atoms. The first-order chi connectivity index (χ1) is 10.3. The van der Waals surface area contributed by atoms with E-state index in [4.69, 9.17) is 9.47 Å². The fourth-order valence-corrected chi connectivity index (χ4v) is 8.78. The van der Waals surface area contributed by atoms with Crippen LogP contribution in [0.5, 0.6) is 0 Å². The summed E-state index contributed by atoms with van der Waals surface area (Å²) >= 11 is 0. The Morgan fingerprint density at radius 2 is 1.10 bits per heavy atom. The third-order valence-electron chi connectivity index (χ3n) is 8.79. The van der Waals surface area contributed by atoms with Crippen LogP contribution in [-0.4, -0.2) is 26.4 Å². The van der Waals surface area contributed by atoms with E-state index in [1.165, 1.54) is 12.8 Å². The van der Waals surface area contributed by atoms with E-state index in [0.29, 0.717) is 12.2 Å². The van der Waals surface area contributed by atoms with Gasteiger partial charge in [-0.2, -0.15) is 0 Å². The number of rotatable bonds is 2. The minimum atomic E-state index is 0.383. The lowest BCUT2D eigenvalue weighted by atomic mass is 9.60. The van der Waals surface area contributed by atoms with E-state index in [0.717, 1.165) is 59.2 Å². The van der Waals surface area contributed by atoms with Crippen LogP contribution in [0.25, 0.3) is 0 Å². The first-order valence-corrected chi connectivity index (χ1v) is 9.07. The minimum absolute atomic E-state index is 0.383. The standard InChI is InChI=1S/C19H26O2/c1-20-18-12-7-13(19(18)21-2)17-11-6-10(16(12)17)14-8-3-4-9(5-8)15(11)14/h3-4,8-19H,5-7H2,1-2H3. The van der Waals surface area contributed by atoms with Crippen molar-refractivity contribution in [3.8, 4) is 0 Å². The third-order valence-corrected chi connectivity index (χ3v) is 8.79. The van der Waals surface area contributed by atoms with Crippen molar-refractivity contribution in [2.45, 2.75) is 31.5 Å². The maximum absolute atomic E-state index is 5.90. The van der Waals surface area contributed by atoms with Crippen molar-refractivity contribution in [3.63, 3.8) is 0 Å². The SMILES string of the molecule is COC1C2CC(C1OC)C1C3CC(C4C5C=CC(C5)C34)C21. The van der Waals surface area contributed by atoms with E-state index in [-0.39, 0.29) is 0 Å². The Morgan fingerprint density at radius 1 is 0.619 bits per heavy atom. The predicted molar refractivity (Wildman–Crippen MR) is 79.5 cm³/mol. The van der Waals surface area contributed by atoms with Gasteiger partial charge in [-0.15, -0.1) is 0 Å². The predicted octanol–water partition coefficient (Wildman–Crippen LogP) is 2.99. The number of hydrogen-bond donors (Lipinski definition) is 0. The van der Waals surface area contributed by atoms with Crippen LogP contribution >= 0.6 is 0 Å². The Hall–Kier alpha value is -0.340. The summed E-state index contributed by atoms with van der Waals surface area (Å²) in [5.74, 6) is 9.57. The van der Waals surface area contributed by atoms with E-state index in [1.807, 2.05) is 14.2 Å². The van der Waals surface area contributed by atoms with Gasteiger partial charge in [0.05, 0.1) is 12.2 Å². The first kappa shape index (κ1) is 12.1. The van der Waals surface area contributed by atoms with E-state index in [1.54, 1.807) is 6.42 Å². The molecule has 0 N–H and O–H groups in total. The van der Waals surface area contributed by atoms with Gasteiger partial charge >= 0.3 is 0 Å². The van der Waals surface area contributed by atoms with Crippen LogP contribution in [0.3, 0.4) is 0 Å². The van der Waals surface area contributed by atoms with Gasteiger partial charge in [-0.25, -0.2) is 0 Å². The lowest BCUT2D eigenvalue weighted by molar-refractivity contribution is -0.115. The monoisotopic (exact) mass is 286 g/mol. The molecule has 0 aromatic rings. The molecule has 0 aromatic heterocycles. The molecule has 114 valence electrons. The molecule has 6 aliphatic carbocycles. The van der Waals surface area contributed by atoms with Crippen molar-refractivity contribution in [2.75, 3.05) is 14.2 Å². The van der Waals surface area contributed by atoms with Crippen molar-refractivity contribution in [1.82, 2.24) is 0 Å². The molecular formula is C19H26O2. The van der Waals surface area contributed by atoms with Gasteiger partial charge in [0.2, 0.25) is 0 Å². The molecule has 6 bridgehead atoms. The zero-order valence-corrected chi connectivity index (χ0v) is 13.0. The van der Waals surface area contributed by atoms with E-state index < -0.39 is 0 Å². The van der Waals surface area contributed by atoms with Gasteiger partial charge in [-0.3, -0.25) is 0 Å². The zero-order valence-electron chi connectivity index (χ0n) is 13.0. The topological polar surface area (TPSA) is 18.5 Å². The van der Waals surface area contributed by atoms with Gasteiger partial charge in [0.1, 0.15) is 0 Å². The second-order valence-electron chi connectivity index (χ2n) is 8.79. The summed E-state index contributed by atoms with van der Waals surface area (Å²) in [6.45, 7) is 0. The molecule has 5 saturated carbocycles. The molecule has 6 rings (SSSR count). The van der Waals surface area contributed by atoms with Crippen LogP contribution in [0.4, 0.5) is 0 Å². The minimum Gasteiger partial charge on any atom is -0.378 e. The van der Waals surface area contributed by atoms with Crippen LogP contribution in [-0.2, 0) is 9.47 Å². The molecule has 5 fully saturated rings. The van der Waals surface area contributed by atoms with Crippen molar-refractivity contribution >= 4 is 0 Å². The quantitative estimate of drug-likeness (QED) is 0.574. The highest BCUT2D eigenvalue weighted by Gasteiger charge is 2.73. The highest BCUT2D eigenvalue weighted by Crippen LogP contribution is 2.75. The Kier molecular flexibility index (Phi) is 2.17. The van der Waals surface area contributed by atoms with Crippen LogP contribution in [0, 0.1) is 59.2 Å². The molecular weight excluding hydrogens is 260 g/mol. The van der Waals surface area contributed by atoms with Crippen molar-refractivity contribution in [2.24, 2.45) is 59.2 Å². The van der Waals surface area contributed by atoms with Gasteiger partial charge in [0.15, 0.2) is 0 Å². The molecule has 21 heavy (non-hydrogen) atoms. The fraction of sp³-hybridized carbons (Fsp3) is 0.895. The highest BCUT2D eigenvalue weighted by molar-refractivity contribution is 5.26. The first-order valence-electron chi connectivity index (χ1n) is 9.07. The lowest BCUT2D eigenvalue weighted by Crippen LogP contribution is -2.49. The summed E-state index contributed by atoms with van der Waals surface area (Å²) in [5.41, 5.74) is 0.